The number of nitrogens with one attached hydrogen (secondary N) is 4. The van der Waals surface area contributed by atoms with Gasteiger partial charge in [-0.25, -0.2) is 44.7 Å². The summed E-state index contributed by atoms with van der Waals surface area (Å²) in [4.78, 5) is 65.4. The average molecular weight is 1650 g/mol. The quantitative estimate of drug-likeness (QED) is 0.0292. The lowest BCUT2D eigenvalue weighted by Crippen LogP contribution is -2.36. The molecule has 12 aromatic rings. The molecule has 0 saturated heterocycles. The van der Waals surface area contributed by atoms with Gasteiger partial charge in [0.25, 0.3) is 23.6 Å². The number of methoxy groups -OCH3 is 1. The number of thiazole rings is 2. The number of thiophene rings is 2. The number of rotatable bonds is 18. The molecule has 4 amide bonds. The number of hydrogen-bond acceptors (Lipinski definition) is 24. The summed E-state index contributed by atoms with van der Waals surface area (Å²) < 4.78 is 64.9. The first-order valence-corrected chi connectivity index (χ1v) is 41.3. The van der Waals surface area contributed by atoms with Gasteiger partial charge >= 0.3 is 0 Å². The van der Waals surface area contributed by atoms with E-state index in [-0.39, 0.29) is 17.0 Å². The minimum absolute atomic E-state index is 0.119. The van der Waals surface area contributed by atoms with Crippen molar-refractivity contribution in [3.63, 3.8) is 0 Å². The molecule has 0 saturated carbocycles. The summed E-state index contributed by atoms with van der Waals surface area (Å²) in [6, 6.07) is 43.8. The van der Waals surface area contributed by atoms with E-state index in [0.717, 1.165) is 122 Å². The van der Waals surface area contributed by atoms with Gasteiger partial charge in [-0.05, 0) is 211 Å². The zero-order valence-corrected chi connectivity index (χ0v) is 66.3. The van der Waals surface area contributed by atoms with Gasteiger partial charge in [0.2, 0.25) is 10.0 Å². The Bertz CT molecular complexity index is 5510. The zero-order valence-electron chi connectivity index (χ0n) is 61.5. The van der Waals surface area contributed by atoms with Crippen LogP contribution in [0.15, 0.2) is 177 Å². The van der Waals surface area contributed by atoms with Crippen molar-refractivity contribution < 1.29 is 71.5 Å². The second kappa shape index (κ2) is 37.0. The second-order valence-electron chi connectivity index (χ2n) is 26.6. The zero-order chi connectivity index (χ0) is 79.3. The Morgan fingerprint density at radius 3 is 1.87 bits per heavy atom. The van der Waals surface area contributed by atoms with E-state index < -0.39 is 39.5 Å². The molecule has 7 aromatic carbocycles. The SMILES string of the molecule is CCOc1cc(C(=O)NO)cc2c1CN(c1nc(-c3sc4ccccc4c3C)cs1)CCC2.COc1ccc(-c2csc(N3CCc4cc(C(=O)NO)cc(F)c4CC3)n2)cc1.O=C(NO)c1ccc2c(c1)CCN(CCOc1ccc(Cl)cc1)C2.O=C(NO)c1ccc2c(c1)CCN(S(=O)(=O)c1csc(-c3ccon3)c1)C2. The summed E-state index contributed by atoms with van der Waals surface area (Å²) >= 11 is 12.2. The summed E-state index contributed by atoms with van der Waals surface area (Å²) in [7, 11) is -2.01. The Morgan fingerprint density at radius 2 is 1.19 bits per heavy atom. The van der Waals surface area contributed by atoms with Gasteiger partial charge in [0.05, 0.1) is 39.8 Å². The van der Waals surface area contributed by atoms with Crippen molar-refractivity contribution in [1.29, 1.82) is 0 Å². The first-order valence-electron chi connectivity index (χ1n) is 36.1. The van der Waals surface area contributed by atoms with E-state index in [1.165, 1.54) is 54.1 Å². The van der Waals surface area contributed by atoms with Gasteiger partial charge in [0.15, 0.2) is 10.3 Å². The largest absolute Gasteiger partial charge is 0.497 e. The van der Waals surface area contributed by atoms with Crippen molar-refractivity contribution in [2.75, 3.05) is 69.4 Å². The maximum absolute atomic E-state index is 14.5. The third-order valence-electron chi connectivity index (χ3n) is 19.7. The molecule has 9 heterocycles. The molecule has 16 rings (SSSR count). The van der Waals surface area contributed by atoms with E-state index in [9.17, 15) is 32.0 Å². The molecule has 0 atom stereocenters. The molecule has 32 heteroatoms. The van der Waals surface area contributed by atoms with Crippen LogP contribution in [0.2, 0.25) is 5.02 Å². The van der Waals surface area contributed by atoms with Gasteiger partial charge in [-0.15, -0.1) is 45.3 Å². The van der Waals surface area contributed by atoms with Crippen molar-refractivity contribution >= 4 is 111 Å². The fourth-order valence-corrected chi connectivity index (χ4v) is 19.5. The number of aryl methyl sites for hydroxylation is 2. The number of halogens is 2. The van der Waals surface area contributed by atoms with Crippen LogP contribution >= 0.6 is 56.9 Å². The number of anilines is 2. The summed E-state index contributed by atoms with van der Waals surface area (Å²) in [5, 5.41) is 48.8. The third-order valence-corrected chi connectivity index (χ3v) is 26.0. The standard InChI is InChI=1S/C25H25N3O3S2.C21H20FN3O3S.C18H19ClN2O3.C17H15N3O5S2/c1-3-31-21-12-17(24(29)27-30)11-16-7-6-10-28(13-19(16)21)25-26-20(14-32-25)23-15(2)18-8-4-5-9-22(18)33-23;1-28-16-4-2-13(3-5-16)19-12-29-21(23-19)25-8-6-14-10-15(20(26)24-27)11-18(22)17(14)7-9-25;19-16-3-5-17(6-4-16)24-10-9-21-8-7-13-11-14(18(22)20-23)1-2-15(13)12-21;21-17(18-22)12-1-2-13-9-20(5-3-11(13)7-12)27(23,24)14-8-16(26-10-14)15-4-6-25-19-15/h4-5,8-9,11-12,14,30H,3,6-7,10,13H2,1-2H3,(H,27,29);2-5,10-12,27H,6-9H2,1H3,(H,24,26);1-6,11,23H,7-10,12H2,(H,20,22);1-2,4,6-8,10,22H,3,5,9H2,(H,18,21). The minimum atomic E-state index is -3.64. The molecule has 113 heavy (non-hydrogen) atoms. The van der Waals surface area contributed by atoms with Crippen LogP contribution in [0.5, 0.6) is 17.2 Å². The molecule has 8 N–H and O–H groups in total. The number of carbonyl (C=O) groups is 4. The topological polar surface area (TPSA) is 324 Å². The first kappa shape index (κ1) is 80.5. The molecule has 0 bridgehead atoms. The summed E-state index contributed by atoms with van der Waals surface area (Å²) in [6.07, 6.45) is 5.71. The molecule has 0 radical (unpaired) electrons. The van der Waals surface area contributed by atoms with E-state index in [0.29, 0.717) is 97.4 Å². The number of fused-ring (bicyclic) bond motifs is 5. The van der Waals surface area contributed by atoms with E-state index >= 15 is 0 Å². The van der Waals surface area contributed by atoms with E-state index in [1.54, 1.807) is 117 Å². The van der Waals surface area contributed by atoms with Gasteiger partial charge in [-0.1, -0.05) is 47.1 Å². The highest BCUT2D eigenvalue weighted by molar-refractivity contribution is 7.89. The molecule has 5 aromatic heterocycles. The van der Waals surface area contributed by atoms with Gasteiger partial charge in [-0.2, -0.15) is 4.31 Å². The van der Waals surface area contributed by atoms with Crippen molar-refractivity contribution in [1.82, 2.24) is 46.3 Å². The summed E-state index contributed by atoms with van der Waals surface area (Å²) in [5.41, 5.74) is 20.4. The van der Waals surface area contributed by atoms with Crippen LogP contribution in [0.3, 0.4) is 0 Å². The lowest BCUT2D eigenvalue weighted by Gasteiger charge is -2.28. The van der Waals surface area contributed by atoms with Gasteiger partial charge in [0, 0.05) is 124 Å². The number of amides is 4. The molecule has 4 aliphatic heterocycles. The number of aromatic nitrogens is 3. The molecule has 0 aliphatic carbocycles. The Hall–Kier alpha value is -10.5. The van der Waals surface area contributed by atoms with Crippen molar-refractivity contribution in [2.24, 2.45) is 0 Å². The van der Waals surface area contributed by atoms with Crippen LogP contribution in [-0.4, -0.2) is 137 Å². The fraction of sp³-hybridized carbons (Fsp3) is 0.247. The molecule has 0 unspecified atom stereocenters. The second-order valence-corrected chi connectivity index (χ2v) is 32.7. The molecular weight excluding hydrogens is 1570 g/mol. The number of ether oxygens (including phenoxy) is 3. The van der Waals surface area contributed by atoms with Crippen LogP contribution in [0.25, 0.3) is 42.5 Å². The first-order chi connectivity index (χ1) is 54.8. The smallest absolute Gasteiger partial charge is 0.274 e. The average Bonchev–Trinajstić information content (AvgIpc) is 1.73. The number of hydrogen-bond donors (Lipinski definition) is 8. The van der Waals surface area contributed by atoms with Crippen molar-refractivity contribution in [3.8, 4) is 49.6 Å². The fourth-order valence-electron chi connectivity index (χ4n) is 13.8. The lowest BCUT2D eigenvalue weighted by atomic mass is 9.97. The molecule has 4 aliphatic rings. The van der Waals surface area contributed by atoms with E-state index in [4.69, 9.17) is 61.1 Å². The van der Waals surface area contributed by atoms with Crippen LogP contribution in [-0.2, 0) is 61.8 Å². The van der Waals surface area contributed by atoms with Gasteiger partial charge in [-0.3, -0.25) is 44.9 Å². The van der Waals surface area contributed by atoms with Crippen LogP contribution in [0, 0.1) is 12.7 Å². The number of hydroxylamine groups is 4. The lowest BCUT2D eigenvalue weighted by molar-refractivity contribution is 0.0701. The predicted molar refractivity (Wildman–Crippen MR) is 432 cm³/mol. The van der Waals surface area contributed by atoms with Crippen molar-refractivity contribution in [3.05, 3.63) is 251 Å². The maximum atomic E-state index is 14.5. The highest BCUT2D eigenvalue weighted by atomic mass is 35.5. The number of nitrogens with zero attached hydrogens (tertiary/aromatic N) is 7. The Kier molecular flexibility index (Phi) is 26.3. The predicted octanol–water partition coefficient (Wildman–Crippen LogP) is 14.7. The maximum Gasteiger partial charge on any atom is 0.274 e. The van der Waals surface area contributed by atoms with E-state index in [2.05, 4.69) is 56.4 Å². The molecular formula is C81H79ClFN11O14S5. The van der Waals surface area contributed by atoms with E-state index in [1.807, 2.05) is 79.0 Å². The minimum Gasteiger partial charge on any atom is -0.497 e. The molecule has 586 valence electrons. The third kappa shape index (κ3) is 19.1. The number of carbonyl (C=O) groups excluding carboxylic acids is 4. The molecule has 0 fully saturated rings. The van der Waals surface area contributed by atoms with Crippen LogP contribution in [0.4, 0.5) is 14.7 Å². The normalized spacial score (nSPS) is 14.0. The van der Waals surface area contributed by atoms with Crippen LogP contribution < -0.4 is 45.9 Å². The number of benzene rings is 7. The summed E-state index contributed by atoms with van der Waals surface area (Å²) in [5.74, 6) is -0.413. The monoisotopic (exact) mass is 1640 g/mol. The summed E-state index contributed by atoms with van der Waals surface area (Å²) in [6.45, 7) is 11.2. The Labute approximate surface area is 671 Å². The Balaban J connectivity index is 0.000000133. The highest BCUT2D eigenvalue weighted by Crippen LogP contribution is 2.42. The highest BCUT2D eigenvalue weighted by Gasteiger charge is 2.31. The molecule has 25 nitrogen and oxygen atoms in total. The molecule has 0 spiro atoms. The van der Waals surface area contributed by atoms with Crippen LogP contribution in [0.1, 0.15) is 105 Å². The van der Waals surface area contributed by atoms with Gasteiger partial charge in [0.1, 0.15) is 41.6 Å². The van der Waals surface area contributed by atoms with Gasteiger partial charge < -0.3 is 28.5 Å². The Morgan fingerprint density at radius 1 is 0.584 bits per heavy atom. The van der Waals surface area contributed by atoms with Crippen molar-refractivity contribution in [2.45, 2.75) is 76.9 Å². The number of sulfonamides is 1.